The molecule has 0 bridgehead atoms. The molecule has 1 saturated carbocycles. The number of nitrogens with zero attached hydrogens (tertiary/aromatic N) is 3. The van der Waals surface area contributed by atoms with Crippen molar-refractivity contribution in [3.8, 4) is 0 Å². The average Bonchev–Trinajstić information content (AvgIpc) is 3.28. The Labute approximate surface area is 164 Å². The SMILES string of the molecule is Cc1nccn1[C@@H]1CCC[C@@H](NC(=O)c2ccc3nc(C(F)(F)F)[nH]c3c2)[C@H]1O. The average molecular weight is 407 g/mol. The number of carbonyl (C=O) groups is 1. The number of aromatic nitrogens is 4. The number of nitrogens with one attached hydrogen (secondary N) is 2. The van der Waals surface area contributed by atoms with Crippen LogP contribution in [0.4, 0.5) is 13.2 Å². The third-order valence-corrected chi connectivity index (χ3v) is 5.37. The molecule has 1 amide bonds. The second-order valence-electron chi connectivity index (χ2n) is 7.27. The van der Waals surface area contributed by atoms with Crippen LogP contribution in [0.2, 0.25) is 0 Å². The molecule has 3 N–H and O–H groups in total. The highest BCUT2D eigenvalue weighted by atomic mass is 19.4. The van der Waals surface area contributed by atoms with Crippen molar-refractivity contribution in [2.45, 2.75) is 50.6 Å². The fourth-order valence-corrected chi connectivity index (χ4v) is 3.89. The summed E-state index contributed by atoms with van der Waals surface area (Å²) < 4.78 is 40.3. The minimum absolute atomic E-state index is 0.126. The van der Waals surface area contributed by atoms with Gasteiger partial charge in [0, 0.05) is 18.0 Å². The number of alkyl halides is 3. The van der Waals surface area contributed by atoms with Crippen LogP contribution in [0.5, 0.6) is 0 Å². The maximum Gasteiger partial charge on any atom is 0.449 e. The van der Waals surface area contributed by atoms with Crippen LogP contribution in [-0.4, -0.2) is 42.7 Å². The number of imidazole rings is 2. The molecular formula is C19H20F3N5O2. The summed E-state index contributed by atoms with van der Waals surface area (Å²) in [4.78, 5) is 22.5. The van der Waals surface area contributed by atoms with Crippen LogP contribution in [-0.2, 0) is 6.18 Å². The van der Waals surface area contributed by atoms with Crippen LogP contribution >= 0.6 is 0 Å². The normalized spacial score (nSPS) is 22.7. The molecular weight excluding hydrogens is 387 g/mol. The maximum absolute atomic E-state index is 12.8. The van der Waals surface area contributed by atoms with Gasteiger partial charge in [-0.1, -0.05) is 0 Å². The topological polar surface area (TPSA) is 95.8 Å². The first-order valence-electron chi connectivity index (χ1n) is 9.29. The predicted octanol–water partition coefficient (Wildman–Crippen LogP) is 2.97. The van der Waals surface area contributed by atoms with Gasteiger partial charge in [-0.05, 0) is 44.4 Å². The van der Waals surface area contributed by atoms with Gasteiger partial charge in [-0.25, -0.2) is 9.97 Å². The van der Waals surface area contributed by atoms with Gasteiger partial charge in [0.2, 0.25) is 5.82 Å². The number of carbonyl (C=O) groups excluding carboxylic acids is 1. The number of amides is 1. The smallest absolute Gasteiger partial charge is 0.389 e. The number of halogens is 3. The number of aliphatic hydroxyl groups excluding tert-OH is 1. The Hall–Kier alpha value is -2.88. The molecule has 7 nitrogen and oxygen atoms in total. The molecule has 0 spiro atoms. The molecule has 2 aromatic heterocycles. The highest BCUT2D eigenvalue weighted by Crippen LogP contribution is 2.31. The van der Waals surface area contributed by atoms with Crippen molar-refractivity contribution in [2.75, 3.05) is 0 Å². The van der Waals surface area contributed by atoms with E-state index in [0.717, 1.165) is 18.7 Å². The fourth-order valence-electron chi connectivity index (χ4n) is 3.89. The van der Waals surface area contributed by atoms with E-state index >= 15 is 0 Å². The van der Waals surface area contributed by atoms with E-state index in [9.17, 15) is 23.1 Å². The molecule has 0 aliphatic heterocycles. The van der Waals surface area contributed by atoms with Crippen molar-refractivity contribution in [2.24, 2.45) is 0 Å². The van der Waals surface area contributed by atoms with Gasteiger partial charge in [-0.2, -0.15) is 13.2 Å². The van der Waals surface area contributed by atoms with E-state index in [-0.39, 0.29) is 22.6 Å². The zero-order valence-electron chi connectivity index (χ0n) is 15.6. The lowest BCUT2D eigenvalue weighted by molar-refractivity contribution is -0.144. The molecule has 1 aliphatic rings. The van der Waals surface area contributed by atoms with Crippen LogP contribution in [0, 0.1) is 6.92 Å². The molecule has 4 rings (SSSR count). The number of hydrogen-bond donors (Lipinski definition) is 3. The summed E-state index contributed by atoms with van der Waals surface area (Å²) in [6, 6.07) is 3.46. The first-order chi connectivity index (χ1) is 13.7. The van der Waals surface area contributed by atoms with Gasteiger partial charge in [0.1, 0.15) is 5.82 Å². The van der Waals surface area contributed by atoms with Gasteiger partial charge in [0.15, 0.2) is 0 Å². The second kappa shape index (κ2) is 7.18. The molecule has 154 valence electrons. The lowest BCUT2D eigenvalue weighted by atomic mass is 9.87. The largest absolute Gasteiger partial charge is 0.449 e. The molecule has 3 aromatic rings. The molecule has 10 heteroatoms. The van der Waals surface area contributed by atoms with Crippen LogP contribution in [0.25, 0.3) is 11.0 Å². The first kappa shape index (κ1) is 19.4. The Kier molecular flexibility index (Phi) is 4.81. The van der Waals surface area contributed by atoms with Crippen molar-refractivity contribution < 1.29 is 23.1 Å². The van der Waals surface area contributed by atoms with Crippen molar-refractivity contribution in [1.82, 2.24) is 24.8 Å². The molecule has 1 aromatic carbocycles. The number of benzene rings is 1. The molecule has 3 atom stereocenters. The van der Waals surface area contributed by atoms with Gasteiger partial charge in [0.25, 0.3) is 5.91 Å². The molecule has 29 heavy (non-hydrogen) atoms. The number of fused-ring (bicyclic) bond motifs is 1. The quantitative estimate of drug-likeness (QED) is 0.622. The summed E-state index contributed by atoms with van der Waals surface area (Å²) >= 11 is 0. The summed E-state index contributed by atoms with van der Waals surface area (Å²) in [5.41, 5.74) is 0.450. The fraction of sp³-hybridized carbons (Fsp3) is 0.421. The van der Waals surface area contributed by atoms with E-state index in [0.29, 0.717) is 6.42 Å². The first-order valence-corrected chi connectivity index (χ1v) is 9.29. The highest BCUT2D eigenvalue weighted by molar-refractivity contribution is 5.97. The van der Waals surface area contributed by atoms with E-state index in [2.05, 4.69) is 20.3 Å². The molecule has 0 radical (unpaired) electrons. The van der Waals surface area contributed by atoms with E-state index < -0.39 is 30.1 Å². The lowest BCUT2D eigenvalue weighted by Crippen LogP contribution is -2.49. The van der Waals surface area contributed by atoms with E-state index in [1.807, 2.05) is 11.5 Å². The van der Waals surface area contributed by atoms with E-state index in [1.54, 1.807) is 12.4 Å². The highest BCUT2D eigenvalue weighted by Gasteiger charge is 2.36. The number of aliphatic hydroxyl groups is 1. The van der Waals surface area contributed by atoms with Crippen molar-refractivity contribution in [3.05, 3.63) is 47.8 Å². The van der Waals surface area contributed by atoms with Gasteiger partial charge < -0.3 is 20.0 Å². The summed E-state index contributed by atoms with van der Waals surface area (Å²) in [6.07, 6.45) is 0.282. The predicted molar refractivity (Wildman–Crippen MR) is 98.2 cm³/mol. The Balaban J connectivity index is 1.52. The monoisotopic (exact) mass is 407 g/mol. The molecule has 1 aliphatic carbocycles. The Morgan fingerprint density at radius 3 is 2.83 bits per heavy atom. The van der Waals surface area contributed by atoms with Crippen LogP contribution < -0.4 is 5.32 Å². The Bertz CT molecular complexity index is 1040. The Morgan fingerprint density at radius 1 is 1.34 bits per heavy atom. The summed E-state index contributed by atoms with van der Waals surface area (Å²) in [6.45, 7) is 1.85. The van der Waals surface area contributed by atoms with Gasteiger partial charge in [-0.15, -0.1) is 0 Å². The molecule has 2 heterocycles. The van der Waals surface area contributed by atoms with Crippen molar-refractivity contribution in [1.29, 1.82) is 0 Å². The van der Waals surface area contributed by atoms with Gasteiger partial charge in [-0.3, -0.25) is 4.79 Å². The van der Waals surface area contributed by atoms with Gasteiger partial charge in [0.05, 0.1) is 29.2 Å². The van der Waals surface area contributed by atoms with E-state index in [1.165, 1.54) is 18.2 Å². The minimum Gasteiger partial charge on any atom is -0.389 e. The zero-order valence-corrected chi connectivity index (χ0v) is 15.6. The summed E-state index contributed by atoms with van der Waals surface area (Å²) in [7, 11) is 0. The molecule has 0 saturated heterocycles. The molecule has 1 fully saturated rings. The third-order valence-electron chi connectivity index (χ3n) is 5.37. The number of hydrogen-bond acceptors (Lipinski definition) is 4. The Morgan fingerprint density at radius 2 is 2.14 bits per heavy atom. The van der Waals surface area contributed by atoms with Crippen LogP contribution in [0.1, 0.15) is 47.3 Å². The number of aryl methyl sites for hydroxylation is 1. The summed E-state index contributed by atoms with van der Waals surface area (Å²) in [5.74, 6) is -0.778. The minimum atomic E-state index is -4.59. The van der Waals surface area contributed by atoms with Crippen molar-refractivity contribution in [3.63, 3.8) is 0 Å². The summed E-state index contributed by atoms with van der Waals surface area (Å²) in [5, 5.41) is 13.6. The number of H-pyrrole nitrogens is 1. The van der Waals surface area contributed by atoms with Crippen LogP contribution in [0.15, 0.2) is 30.6 Å². The van der Waals surface area contributed by atoms with Crippen LogP contribution in [0.3, 0.4) is 0 Å². The third kappa shape index (κ3) is 3.71. The van der Waals surface area contributed by atoms with Gasteiger partial charge >= 0.3 is 6.18 Å². The maximum atomic E-state index is 12.8. The lowest BCUT2D eigenvalue weighted by Gasteiger charge is -2.36. The molecule has 0 unspecified atom stereocenters. The zero-order chi connectivity index (χ0) is 20.8. The van der Waals surface area contributed by atoms with Crippen molar-refractivity contribution >= 4 is 16.9 Å². The standard InChI is InChI=1S/C19H20F3N5O2/c1-10-23-7-8-27(10)15-4-2-3-13(16(15)28)24-17(29)11-5-6-12-14(9-11)26-18(25-12)19(20,21)22/h5-9,13,15-16,28H,2-4H2,1H3,(H,24,29)(H,25,26)/t13-,15-,16-/m1/s1. The number of aromatic amines is 1. The van der Waals surface area contributed by atoms with E-state index in [4.69, 9.17) is 0 Å². The second-order valence-corrected chi connectivity index (χ2v) is 7.27. The number of rotatable bonds is 3.